The second-order valence-corrected chi connectivity index (χ2v) is 7.56. The summed E-state index contributed by atoms with van der Waals surface area (Å²) in [5, 5.41) is 8.42. The highest BCUT2D eigenvalue weighted by Gasteiger charge is 2.16. The van der Waals surface area contributed by atoms with Crippen molar-refractivity contribution in [2.45, 2.75) is 17.1 Å². The molecule has 19 heavy (non-hydrogen) atoms. The number of hydrogen-bond acceptors (Lipinski definition) is 4. The molecule has 0 amide bonds. The van der Waals surface area contributed by atoms with Crippen molar-refractivity contribution in [1.82, 2.24) is 4.72 Å². The molecule has 106 valence electrons. The molecule has 0 aliphatic heterocycles. The SMILES string of the molecule is CC(CNS(=O)(=O)c1ccc(C(=O)O)cc1)S(C)=O. The van der Waals surface area contributed by atoms with Gasteiger partial charge in [0.2, 0.25) is 10.0 Å². The van der Waals surface area contributed by atoms with Crippen LogP contribution < -0.4 is 4.72 Å². The number of carbonyl (C=O) groups is 1. The van der Waals surface area contributed by atoms with Crippen molar-refractivity contribution in [3.63, 3.8) is 0 Å². The number of carboxylic acids is 1. The van der Waals surface area contributed by atoms with E-state index >= 15 is 0 Å². The standard InChI is InChI=1S/C11H15NO5S2/c1-8(18(2)15)7-12-19(16,17)10-5-3-9(4-6-10)11(13)14/h3-6,8,12H,7H2,1-2H3,(H,13,14). The number of rotatable bonds is 6. The van der Waals surface area contributed by atoms with Gasteiger partial charge in [-0.2, -0.15) is 0 Å². The number of nitrogens with one attached hydrogen (secondary N) is 1. The Kier molecular flexibility index (Phi) is 5.21. The minimum absolute atomic E-state index is 0.0157. The maximum absolute atomic E-state index is 11.9. The normalized spacial score (nSPS) is 14.8. The second kappa shape index (κ2) is 6.27. The van der Waals surface area contributed by atoms with Gasteiger partial charge >= 0.3 is 5.97 Å². The topological polar surface area (TPSA) is 101 Å². The number of aromatic carboxylic acids is 1. The van der Waals surface area contributed by atoms with Crippen LogP contribution in [0, 0.1) is 0 Å². The van der Waals surface area contributed by atoms with Gasteiger partial charge in [-0.15, -0.1) is 0 Å². The summed E-state index contributed by atoms with van der Waals surface area (Å²) in [6.07, 6.45) is 1.50. The lowest BCUT2D eigenvalue weighted by atomic mass is 10.2. The molecule has 8 heteroatoms. The highest BCUT2D eigenvalue weighted by Crippen LogP contribution is 2.10. The van der Waals surface area contributed by atoms with Crippen LogP contribution in [-0.2, 0) is 20.8 Å². The van der Waals surface area contributed by atoms with Crippen molar-refractivity contribution in [2.75, 3.05) is 12.8 Å². The molecule has 2 N–H and O–H groups in total. The largest absolute Gasteiger partial charge is 0.478 e. The third-order valence-corrected chi connectivity index (χ3v) is 5.28. The van der Waals surface area contributed by atoms with E-state index in [-0.39, 0.29) is 22.3 Å². The second-order valence-electron chi connectivity index (χ2n) is 3.99. The lowest BCUT2D eigenvalue weighted by molar-refractivity contribution is 0.0696. The van der Waals surface area contributed by atoms with E-state index in [2.05, 4.69) is 4.72 Å². The molecule has 0 saturated carbocycles. The zero-order valence-corrected chi connectivity index (χ0v) is 12.1. The molecule has 0 bridgehead atoms. The maximum Gasteiger partial charge on any atom is 0.335 e. The van der Waals surface area contributed by atoms with Crippen LogP contribution in [0.1, 0.15) is 17.3 Å². The first-order valence-electron chi connectivity index (χ1n) is 5.39. The van der Waals surface area contributed by atoms with Crippen LogP contribution in [0.3, 0.4) is 0 Å². The Bertz CT molecular complexity index is 580. The molecule has 2 atom stereocenters. The van der Waals surface area contributed by atoms with E-state index in [0.717, 1.165) is 0 Å². The van der Waals surface area contributed by atoms with Gasteiger partial charge in [0.05, 0.1) is 10.5 Å². The fraction of sp³-hybridized carbons (Fsp3) is 0.364. The van der Waals surface area contributed by atoms with Crippen molar-refractivity contribution in [2.24, 2.45) is 0 Å². The quantitative estimate of drug-likeness (QED) is 0.794. The van der Waals surface area contributed by atoms with Gasteiger partial charge in [0.1, 0.15) is 0 Å². The average Bonchev–Trinajstić information content (AvgIpc) is 2.36. The molecule has 0 aliphatic rings. The van der Waals surface area contributed by atoms with Crippen LogP contribution >= 0.6 is 0 Å². The molecular formula is C11H15NO5S2. The summed E-state index contributed by atoms with van der Waals surface area (Å²) >= 11 is 0. The summed E-state index contributed by atoms with van der Waals surface area (Å²) in [7, 11) is -4.82. The van der Waals surface area contributed by atoms with Gasteiger partial charge < -0.3 is 5.11 Å². The van der Waals surface area contributed by atoms with Gasteiger partial charge in [-0.05, 0) is 31.2 Å². The van der Waals surface area contributed by atoms with Crippen LogP contribution in [0.2, 0.25) is 0 Å². The number of sulfonamides is 1. The first-order valence-corrected chi connectivity index (χ1v) is 8.49. The van der Waals surface area contributed by atoms with Crippen LogP contribution in [0.4, 0.5) is 0 Å². The Morgan fingerprint density at radius 2 is 1.89 bits per heavy atom. The predicted molar refractivity (Wildman–Crippen MR) is 72.1 cm³/mol. The van der Waals surface area contributed by atoms with Gasteiger partial charge in [0, 0.05) is 28.9 Å². The van der Waals surface area contributed by atoms with E-state index in [4.69, 9.17) is 5.11 Å². The fourth-order valence-electron chi connectivity index (χ4n) is 1.20. The van der Waals surface area contributed by atoms with E-state index in [0.29, 0.717) is 0 Å². The van der Waals surface area contributed by atoms with Crippen molar-refractivity contribution in [1.29, 1.82) is 0 Å². The number of carboxylic acid groups (broad SMARTS) is 1. The summed E-state index contributed by atoms with van der Waals surface area (Å²) in [5.41, 5.74) is 0.0157. The zero-order chi connectivity index (χ0) is 14.6. The summed E-state index contributed by atoms with van der Waals surface area (Å²) in [4.78, 5) is 10.6. The highest BCUT2D eigenvalue weighted by atomic mass is 32.2. The molecular weight excluding hydrogens is 290 g/mol. The van der Waals surface area contributed by atoms with E-state index in [1.165, 1.54) is 30.5 Å². The average molecular weight is 305 g/mol. The monoisotopic (exact) mass is 305 g/mol. The summed E-state index contributed by atoms with van der Waals surface area (Å²) in [5.74, 6) is -1.12. The zero-order valence-electron chi connectivity index (χ0n) is 10.5. The Balaban J connectivity index is 2.83. The molecule has 6 nitrogen and oxygen atoms in total. The Labute approximate surface area is 114 Å². The minimum atomic E-state index is -3.71. The fourth-order valence-corrected chi connectivity index (χ4v) is 2.76. The molecule has 0 aromatic heterocycles. The van der Waals surface area contributed by atoms with E-state index in [1.54, 1.807) is 6.92 Å². The highest BCUT2D eigenvalue weighted by molar-refractivity contribution is 7.89. The smallest absolute Gasteiger partial charge is 0.335 e. The Hall–Kier alpha value is -1.25. The van der Waals surface area contributed by atoms with E-state index in [9.17, 15) is 17.4 Å². The molecule has 1 rings (SSSR count). The van der Waals surface area contributed by atoms with Crippen LogP contribution in [0.25, 0.3) is 0 Å². The van der Waals surface area contributed by atoms with Crippen molar-refractivity contribution >= 4 is 26.8 Å². The first-order chi connectivity index (χ1) is 8.74. The Morgan fingerprint density at radius 3 is 2.32 bits per heavy atom. The number of hydrogen-bond donors (Lipinski definition) is 2. The third-order valence-electron chi connectivity index (χ3n) is 2.54. The molecule has 0 spiro atoms. The van der Waals surface area contributed by atoms with Crippen LogP contribution in [-0.4, -0.2) is 41.8 Å². The minimum Gasteiger partial charge on any atom is -0.478 e. The molecule has 2 unspecified atom stereocenters. The summed E-state index contributed by atoms with van der Waals surface area (Å²) < 4.78 is 37.2. The van der Waals surface area contributed by atoms with Gasteiger partial charge in [-0.25, -0.2) is 17.9 Å². The lowest BCUT2D eigenvalue weighted by Gasteiger charge is -2.10. The first kappa shape index (κ1) is 15.8. The van der Waals surface area contributed by atoms with Crippen molar-refractivity contribution in [3.05, 3.63) is 29.8 Å². The van der Waals surface area contributed by atoms with Gasteiger partial charge in [-0.1, -0.05) is 0 Å². The number of benzene rings is 1. The third kappa shape index (κ3) is 4.41. The summed E-state index contributed by atoms with van der Waals surface area (Å²) in [6.45, 7) is 1.73. The van der Waals surface area contributed by atoms with Gasteiger partial charge in [0.25, 0.3) is 0 Å². The maximum atomic E-state index is 11.9. The molecule has 1 aromatic rings. The van der Waals surface area contributed by atoms with Gasteiger partial charge in [-0.3, -0.25) is 4.21 Å². The molecule has 0 heterocycles. The Morgan fingerprint density at radius 1 is 1.37 bits per heavy atom. The van der Waals surface area contributed by atoms with E-state index in [1.807, 2.05) is 0 Å². The molecule has 1 aromatic carbocycles. The van der Waals surface area contributed by atoms with Crippen molar-refractivity contribution < 1.29 is 22.5 Å². The van der Waals surface area contributed by atoms with Crippen LogP contribution in [0.15, 0.2) is 29.2 Å². The summed E-state index contributed by atoms with van der Waals surface area (Å²) in [6, 6.07) is 4.88. The van der Waals surface area contributed by atoms with E-state index < -0.39 is 26.8 Å². The van der Waals surface area contributed by atoms with Crippen LogP contribution in [0.5, 0.6) is 0 Å². The molecule has 0 saturated heterocycles. The molecule has 0 radical (unpaired) electrons. The lowest BCUT2D eigenvalue weighted by Crippen LogP contribution is -2.32. The molecule has 0 aliphatic carbocycles. The molecule has 0 fully saturated rings. The predicted octanol–water partition coefficient (Wildman–Crippen LogP) is 0.430. The van der Waals surface area contributed by atoms with Crippen molar-refractivity contribution in [3.8, 4) is 0 Å². The van der Waals surface area contributed by atoms with Gasteiger partial charge in [0.15, 0.2) is 0 Å².